The number of benzene rings is 1. The molecular formula is C15H23N3O2. The molecule has 0 aliphatic rings. The van der Waals surface area contributed by atoms with Gasteiger partial charge in [-0.3, -0.25) is 9.59 Å². The van der Waals surface area contributed by atoms with Gasteiger partial charge in [-0.15, -0.1) is 0 Å². The highest BCUT2D eigenvalue weighted by atomic mass is 16.2. The number of hydrogen-bond acceptors (Lipinski definition) is 3. The Balaban J connectivity index is 2.85. The summed E-state index contributed by atoms with van der Waals surface area (Å²) in [4.78, 5) is 24.1. The predicted molar refractivity (Wildman–Crippen MR) is 80.5 cm³/mol. The molecule has 20 heavy (non-hydrogen) atoms. The standard InChI is InChI=1S/C15H23N3O2/c1-3-9-17-15(20)12-7-5-6-8-13(12)18-14(19)11(4-2)10-16/h5-8,11H,3-4,9-10,16H2,1-2H3,(H,17,20)(H,18,19). The van der Waals surface area contributed by atoms with Crippen molar-refractivity contribution in [2.45, 2.75) is 26.7 Å². The van der Waals surface area contributed by atoms with Crippen LogP contribution in [-0.4, -0.2) is 24.9 Å². The second-order valence-electron chi connectivity index (χ2n) is 4.63. The Labute approximate surface area is 119 Å². The van der Waals surface area contributed by atoms with Crippen LogP contribution in [0.25, 0.3) is 0 Å². The maximum Gasteiger partial charge on any atom is 0.253 e. The zero-order valence-corrected chi connectivity index (χ0v) is 12.1. The molecule has 0 saturated heterocycles. The number of amides is 2. The normalized spacial score (nSPS) is 11.8. The number of nitrogens with one attached hydrogen (secondary N) is 2. The highest BCUT2D eigenvalue weighted by Crippen LogP contribution is 2.16. The van der Waals surface area contributed by atoms with Crippen molar-refractivity contribution >= 4 is 17.5 Å². The van der Waals surface area contributed by atoms with E-state index in [2.05, 4.69) is 10.6 Å². The summed E-state index contributed by atoms with van der Waals surface area (Å²) in [5.41, 5.74) is 6.56. The van der Waals surface area contributed by atoms with Gasteiger partial charge < -0.3 is 16.4 Å². The molecule has 0 radical (unpaired) electrons. The van der Waals surface area contributed by atoms with Gasteiger partial charge >= 0.3 is 0 Å². The smallest absolute Gasteiger partial charge is 0.253 e. The molecular weight excluding hydrogens is 254 g/mol. The highest BCUT2D eigenvalue weighted by molar-refractivity contribution is 6.04. The van der Waals surface area contributed by atoms with Gasteiger partial charge in [0, 0.05) is 13.1 Å². The molecule has 0 aliphatic heterocycles. The van der Waals surface area contributed by atoms with Crippen LogP contribution in [0.3, 0.4) is 0 Å². The van der Waals surface area contributed by atoms with E-state index in [-0.39, 0.29) is 17.7 Å². The van der Waals surface area contributed by atoms with Gasteiger partial charge in [0.2, 0.25) is 5.91 Å². The van der Waals surface area contributed by atoms with Crippen molar-refractivity contribution in [1.82, 2.24) is 5.32 Å². The maximum atomic E-state index is 12.0. The van der Waals surface area contributed by atoms with Crippen molar-refractivity contribution < 1.29 is 9.59 Å². The van der Waals surface area contributed by atoms with E-state index in [4.69, 9.17) is 5.73 Å². The fourth-order valence-corrected chi connectivity index (χ4v) is 1.82. The first-order valence-corrected chi connectivity index (χ1v) is 7.02. The molecule has 1 atom stereocenters. The van der Waals surface area contributed by atoms with Crippen molar-refractivity contribution in [1.29, 1.82) is 0 Å². The molecule has 5 heteroatoms. The Hall–Kier alpha value is -1.88. The number of anilines is 1. The van der Waals surface area contributed by atoms with Gasteiger partial charge in [-0.25, -0.2) is 0 Å². The lowest BCUT2D eigenvalue weighted by atomic mass is 10.1. The Kier molecular flexibility index (Phi) is 6.73. The third-order valence-corrected chi connectivity index (χ3v) is 3.11. The molecule has 0 bridgehead atoms. The SMILES string of the molecule is CCCNC(=O)c1ccccc1NC(=O)C(CC)CN. The van der Waals surface area contributed by atoms with E-state index in [1.807, 2.05) is 13.8 Å². The molecule has 1 rings (SSSR count). The summed E-state index contributed by atoms with van der Waals surface area (Å²) in [5, 5.41) is 5.59. The minimum Gasteiger partial charge on any atom is -0.352 e. The second kappa shape index (κ2) is 8.32. The van der Waals surface area contributed by atoms with Crippen LogP contribution in [0.4, 0.5) is 5.69 Å². The van der Waals surface area contributed by atoms with E-state index in [9.17, 15) is 9.59 Å². The van der Waals surface area contributed by atoms with Crippen LogP contribution in [0.2, 0.25) is 0 Å². The molecule has 0 fully saturated rings. The van der Waals surface area contributed by atoms with Crippen molar-refractivity contribution in [3.63, 3.8) is 0 Å². The van der Waals surface area contributed by atoms with Gasteiger partial charge in [-0.05, 0) is 25.0 Å². The molecule has 1 aromatic rings. The average Bonchev–Trinajstić information content (AvgIpc) is 2.46. The topological polar surface area (TPSA) is 84.2 Å². The van der Waals surface area contributed by atoms with E-state index in [1.54, 1.807) is 24.3 Å². The lowest BCUT2D eigenvalue weighted by Gasteiger charge is -2.15. The van der Waals surface area contributed by atoms with Gasteiger partial charge in [0.1, 0.15) is 0 Å². The van der Waals surface area contributed by atoms with Gasteiger partial charge in [0.25, 0.3) is 5.91 Å². The monoisotopic (exact) mass is 277 g/mol. The lowest BCUT2D eigenvalue weighted by molar-refractivity contribution is -0.119. The first-order chi connectivity index (χ1) is 9.63. The van der Waals surface area contributed by atoms with E-state index < -0.39 is 0 Å². The third kappa shape index (κ3) is 4.35. The van der Waals surface area contributed by atoms with E-state index in [1.165, 1.54) is 0 Å². The number of nitrogens with two attached hydrogens (primary N) is 1. The number of carbonyl (C=O) groups is 2. The molecule has 0 aromatic heterocycles. The zero-order chi connectivity index (χ0) is 15.0. The lowest BCUT2D eigenvalue weighted by Crippen LogP contribution is -2.30. The minimum absolute atomic E-state index is 0.147. The number of para-hydroxylation sites is 1. The molecule has 110 valence electrons. The highest BCUT2D eigenvalue weighted by Gasteiger charge is 2.17. The van der Waals surface area contributed by atoms with Crippen molar-refractivity contribution in [3.8, 4) is 0 Å². The zero-order valence-electron chi connectivity index (χ0n) is 12.1. The van der Waals surface area contributed by atoms with E-state index in [0.717, 1.165) is 6.42 Å². The van der Waals surface area contributed by atoms with Crippen LogP contribution in [0.1, 0.15) is 37.0 Å². The molecule has 5 nitrogen and oxygen atoms in total. The summed E-state index contributed by atoms with van der Waals surface area (Å²) in [6.45, 7) is 4.81. The average molecular weight is 277 g/mol. The van der Waals surface area contributed by atoms with Crippen molar-refractivity contribution in [2.24, 2.45) is 11.7 Å². The maximum absolute atomic E-state index is 12.0. The number of rotatable bonds is 7. The molecule has 0 saturated carbocycles. The summed E-state index contributed by atoms with van der Waals surface area (Å²) in [7, 11) is 0. The molecule has 1 unspecified atom stereocenters. The fourth-order valence-electron chi connectivity index (χ4n) is 1.82. The molecule has 0 aliphatic carbocycles. The summed E-state index contributed by atoms with van der Waals surface area (Å²) in [6.07, 6.45) is 1.54. The van der Waals surface area contributed by atoms with Crippen LogP contribution >= 0.6 is 0 Å². The van der Waals surface area contributed by atoms with Crippen LogP contribution in [0, 0.1) is 5.92 Å². The Bertz CT molecular complexity index is 456. The third-order valence-electron chi connectivity index (χ3n) is 3.11. The van der Waals surface area contributed by atoms with Gasteiger partial charge in [0.05, 0.1) is 17.2 Å². The molecule has 2 amide bonds. The Morgan fingerprint density at radius 1 is 1.25 bits per heavy atom. The van der Waals surface area contributed by atoms with Gasteiger partial charge in [0.15, 0.2) is 0 Å². The molecule has 0 heterocycles. The Morgan fingerprint density at radius 3 is 2.55 bits per heavy atom. The quantitative estimate of drug-likeness (QED) is 0.710. The summed E-state index contributed by atoms with van der Waals surface area (Å²) < 4.78 is 0. The van der Waals surface area contributed by atoms with Crippen LogP contribution in [0.5, 0.6) is 0 Å². The van der Waals surface area contributed by atoms with Crippen LogP contribution in [-0.2, 0) is 4.79 Å². The van der Waals surface area contributed by atoms with Crippen molar-refractivity contribution in [2.75, 3.05) is 18.4 Å². The summed E-state index contributed by atoms with van der Waals surface area (Å²) in [5.74, 6) is -0.559. The molecule has 0 spiro atoms. The fraction of sp³-hybridized carbons (Fsp3) is 0.467. The van der Waals surface area contributed by atoms with Gasteiger partial charge in [-0.1, -0.05) is 26.0 Å². The largest absolute Gasteiger partial charge is 0.352 e. The molecule has 4 N–H and O–H groups in total. The van der Waals surface area contributed by atoms with E-state index >= 15 is 0 Å². The summed E-state index contributed by atoms with van der Waals surface area (Å²) in [6, 6.07) is 6.98. The second-order valence-corrected chi connectivity index (χ2v) is 4.63. The van der Waals surface area contributed by atoms with E-state index in [0.29, 0.717) is 30.8 Å². The minimum atomic E-state index is -0.234. The predicted octanol–water partition coefficient (Wildman–Crippen LogP) is 1.75. The van der Waals surface area contributed by atoms with Crippen LogP contribution < -0.4 is 16.4 Å². The first-order valence-electron chi connectivity index (χ1n) is 7.02. The summed E-state index contributed by atoms with van der Waals surface area (Å²) >= 11 is 0. The number of hydrogen-bond donors (Lipinski definition) is 3. The van der Waals surface area contributed by atoms with Gasteiger partial charge in [-0.2, -0.15) is 0 Å². The van der Waals surface area contributed by atoms with Crippen molar-refractivity contribution in [3.05, 3.63) is 29.8 Å². The first kappa shape index (κ1) is 16.2. The molecule has 1 aromatic carbocycles. The number of carbonyl (C=O) groups excluding carboxylic acids is 2. The van der Waals surface area contributed by atoms with Crippen LogP contribution in [0.15, 0.2) is 24.3 Å². The Morgan fingerprint density at radius 2 is 1.95 bits per heavy atom.